The maximum atomic E-state index is 7.17. The summed E-state index contributed by atoms with van der Waals surface area (Å²) in [5, 5.41) is 6.98. The first-order valence-corrected chi connectivity index (χ1v) is 20.7. The van der Waals surface area contributed by atoms with Crippen LogP contribution in [-0.2, 0) is 0 Å². The highest BCUT2D eigenvalue weighted by Crippen LogP contribution is 2.57. The average Bonchev–Trinajstić information content (AvgIpc) is 4.00. The summed E-state index contributed by atoms with van der Waals surface area (Å²) in [5.41, 5.74) is 10.3. The molecule has 7 nitrogen and oxygen atoms in total. The number of aromatic nitrogens is 6. The Hall–Kier alpha value is -7.48. The number of halogens is 1. The van der Waals surface area contributed by atoms with E-state index in [1.165, 1.54) is 16.3 Å². The quantitative estimate of drug-likeness (QED) is 0.178. The second-order valence-corrected chi connectivity index (χ2v) is 16.3. The molecule has 1 aliphatic carbocycles. The largest absolute Gasteiger partial charge is 0.307 e. The van der Waals surface area contributed by atoms with Crippen LogP contribution in [0.15, 0.2) is 182 Å². The number of para-hydroxylation sites is 5. The predicted octanol–water partition coefficient (Wildman–Crippen LogP) is 12.9. The van der Waals surface area contributed by atoms with E-state index < -0.39 is 5.54 Å². The number of benzene rings is 7. The third-order valence-electron chi connectivity index (χ3n) is 12.8. The number of allylic oxidation sites excluding steroid dienone is 2. The average molecular weight is 792 g/mol. The Morgan fingerprint density at radius 3 is 1.57 bits per heavy atom. The highest BCUT2D eigenvalue weighted by Gasteiger charge is 2.50. The Kier molecular flexibility index (Phi) is 6.85. The summed E-state index contributed by atoms with van der Waals surface area (Å²) in [7, 11) is 0. The Morgan fingerprint density at radius 2 is 0.950 bits per heavy atom. The van der Waals surface area contributed by atoms with Gasteiger partial charge < -0.3 is 9.13 Å². The van der Waals surface area contributed by atoms with Crippen LogP contribution in [0, 0.1) is 0 Å². The molecule has 2 unspecified atom stereocenters. The van der Waals surface area contributed by atoms with Crippen molar-refractivity contribution in [2.75, 3.05) is 4.90 Å². The zero-order valence-electron chi connectivity index (χ0n) is 32.4. The third kappa shape index (κ3) is 4.41. The van der Waals surface area contributed by atoms with Gasteiger partial charge >= 0.3 is 0 Å². The predicted molar refractivity (Wildman–Crippen MR) is 246 cm³/mol. The molecule has 0 radical (unpaired) electrons. The molecule has 0 saturated heterocycles. The molecule has 2 atom stereocenters. The molecule has 4 aromatic heterocycles. The number of fused-ring (bicyclic) bond motifs is 14. The van der Waals surface area contributed by atoms with Crippen molar-refractivity contribution in [3.8, 4) is 17.3 Å². The van der Waals surface area contributed by atoms with E-state index in [9.17, 15) is 0 Å². The molecule has 0 saturated carbocycles. The van der Waals surface area contributed by atoms with Crippen LogP contribution in [0.25, 0.3) is 82.7 Å². The summed E-state index contributed by atoms with van der Waals surface area (Å²) in [4.78, 5) is 17.9. The van der Waals surface area contributed by atoms with Crippen molar-refractivity contribution in [3.63, 3.8) is 0 Å². The van der Waals surface area contributed by atoms with Crippen LogP contribution in [0.2, 0.25) is 5.28 Å². The first-order chi connectivity index (χ1) is 29.6. The zero-order chi connectivity index (χ0) is 39.7. The van der Waals surface area contributed by atoms with Gasteiger partial charge in [0.25, 0.3) is 0 Å². The molecule has 7 aromatic carbocycles. The summed E-state index contributed by atoms with van der Waals surface area (Å²) in [5.74, 6) is 0.959. The van der Waals surface area contributed by atoms with Crippen molar-refractivity contribution in [2.24, 2.45) is 0 Å². The summed E-state index contributed by atoms with van der Waals surface area (Å²) in [6, 6.07) is 56.0. The topological polar surface area (TPSA) is 56.7 Å². The lowest BCUT2D eigenvalue weighted by molar-refractivity contribution is 0.534. The Balaban J connectivity index is 1.15. The number of hydrogen-bond donors (Lipinski definition) is 0. The molecule has 8 heteroatoms. The Bertz CT molecular complexity index is 3650. The van der Waals surface area contributed by atoms with E-state index in [0.717, 1.165) is 71.7 Å². The lowest BCUT2D eigenvalue weighted by atomic mass is 9.80. The van der Waals surface area contributed by atoms with Crippen molar-refractivity contribution >= 4 is 88.7 Å². The molecule has 11 aromatic rings. The van der Waals surface area contributed by atoms with E-state index >= 15 is 0 Å². The van der Waals surface area contributed by atoms with Crippen molar-refractivity contribution in [1.29, 1.82) is 0 Å². The molecular formula is C52H34ClN7. The molecule has 0 N–H and O–H groups in total. The number of nitrogens with zero attached hydrogens (tertiary/aromatic N) is 7. The standard InChI is InChI=1S/C52H34ClN7/c1-52-31-15-14-23-41(52)40-30-29-39-35-21-9-12-25-43(35)58(33-18-6-3-7-19-33)47(39)48(40)60(52)51-55-49(53)54-50(56-51)59-44-26-13-10-22-36(44)38-28-27-37-34-20-8-11-24-42(34)57(45(37)46(38)59)32-16-4-2-5-17-32/h2-31,41H,1H3. The minimum atomic E-state index is -0.556. The van der Waals surface area contributed by atoms with E-state index in [-0.39, 0.29) is 11.2 Å². The number of rotatable bonds is 4. The first-order valence-electron chi connectivity index (χ1n) is 20.3. The number of anilines is 2. The molecule has 2 aliphatic rings. The van der Waals surface area contributed by atoms with Gasteiger partial charge in [-0.05, 0) is 66.6 Å². The van der Waals surface area contributed by atoms with Gasteiger partial charge in [-0.2, -0.15) is 15.0 Å². The normalized spacial score (nSPS) is 17.2. The maximum Gasteiger partial charge on any atom is 0.240 e. The lowest BCUT2D eigenvalue weighted by Crippen LogP contribution is -2.43. The van der Waals surface area contributed by atoms with Gasteiger partial charge in [-0.3, -0.25) is 9.47 Å². The van der Waals surface area contributed by atoms with Gasteiger partial charge in [-0.1, -0.05) is 140 Å². The van der Waals surface area contributed by atoms with Crippen LogP contribution >= 0.6 is 11.6 Å². The summed E-state index contributed by atoms with van der Waals surface area (Å²) >= 11 is 7.17. The fraction of sp³-hybridized carbons (Fsp3) is 0.0577. The smallest absolute Gasteiger partial charge is 0.240 e. The lowest BCUT2D eigenvalue weighted by Gasteiger charge is -2.37. The van der Waals surface area contributed by atoms with Crippen molar-refractivity contribution < 1.29 is 0 Å². The van der Waals surface area contributed by atoms with E-state index in [2.05, 4.69) is 208 Å². The Labute approximate surface area is 349 Å². The molecule has 0 spiro atoms. The van der Waals surface area contributed by atoms with Gasteiger partial charge in [0.15, 0.2) is 0 Å². The summed E-state index contributed by atoms with van der Waals surface area (Å²) in [6.45, 7) is 2.28. The monoisotopic (exact) mass is 791 g/mol. The van der Waals surface area contributed by atoms with E-state index in [1.807, 2.05) is 0 Å². The van der Waals surface area contributed by atoms with Gasteiger partial charge in [-0.15, -0.1) is 0 Å². The fourth-order valence-corrected chi connectivity index (χ4v) is 10.5. The van der Waals surface area contributed by atoms with Crippen LogP contribution in [0.4, 0.5) is 11.6 Å². The summed E-state index contributed by atoms with van der Waals surface area (Å²) < 4.78 is 6.95. The van der Waals surface area contributed by atoms with Crippen molar-refractivity contribution in [1.82, 2.24) is 28.7 Å². The second-order valence-electron chi connectivity index (χ2n) is 16.0. The van der Waals surface area contributed by atoms with Crippen molar-refractivity contribution in [3.05, 3.63) is 193 Å². The van der Waals surface area contributed by atoms with Crippen LogP contribution in [0.3, 0.4) is 0 Å². The van der Waals surface area contributed by atoms with Gasteiger partial charge in [0.2, 0.25) is 17.2 Å². The fourth-order valence-electron chi connectivity index (χ4n) is 10.4. The minimum Gasteiger partial charge on any atom is -0.307 e. The highest BCUT2D eigenvalue weighted by molar-refractivity contribution is 6.28. The van der Waals surface area contributed by atoms with E-state index in [1.54, 1.807) is 0 Å². The number of hydrogen-bond acceptors (Lipinski definition) is 4. The van der Waals surface area contributed by atoms with Crippen LogP contribution in [-0.4, -0.2) is 34.2 Å². The van der Waals surface area contributed by atoms with Gasteiger partial charge in [0, 0.05) is 49.6 Å². The minimum absolute atomic E-state index is 0.0255. The van der Waals surface area contributed by atoms with Crippen LogP contribution < -0.4 is 4.90 Å². The highest BCUT2D eigenvalue weighted by atomic mass is 35.5. The van der Waals surface area contributed by atoms with Gasteiger partial charge in [0.05, 0.1) is 44.3 Å². The van der Waals surface area contributed by atoms with Crippen molar-refractivity contribution in [2.45, 2.75) is 18.4 Å². The van der Waals surface area contributed by atoms with Gasteiger partial charge in [0.1, 0.15) is 0 Å². The zero-order valence-corrected chi connectivity index (χ0v) is 33.2. The molecular weight excluding hydrogens is 758 g/mol. The molecule has 0 amide bonds. The maximum absolute atomic E-state index is 7.17. The van der Waals surface area contributed by atoms with E-state index in [4.69, 9.17) is 26.6 Å². The van der Waals surface area contributed by atoms with E-state index in [0.29, 0.717) is 11.9 Å². The van der Waals surface area contributed by atoms with Gasteiger partial charge in [-0.25, -0.2) is 0 Å². The molecule has 0 bridgehead atoms. The molecule has 284 valence electrons. The van der Waals surface area contributed by atoms with Crippen LogP contribution in [0.5, 0.6) is 0 Å². The third-order valence-corrected chi connectivity index (χ3v) is 13.0. The Morgan fingerprint density at radius 1 is 0.467 bits per heavy atom. The molecule has 5 heterocycles. The molecule has 1 aliphatic heterocycles. The molecule has 0 fully saturated rings. The second kappa shape index (κ2) is 12.3. The molecule has 60 heavy (non-hydrogen) atoms. The summed E-state index contributed by atoms with van der Waals surface area (Å²) in [6.07, 6.45) is 8.86. The SMILES string of the molecule is CC12C=CC=CC1c1ccc3c4ccccc4n(-c4ccccc4)c3c1N2c1nc(Cl)nc(-n2c3ccccc3c3ccc4c5ccccc5n(-c5ccccc5)c4c32)n1. The van der Waals surface area contributed by atoms with Crippen LogP contribution in [0.1, 0.15) is 18.4 Å². The molecule has 13 rings (SSSR count). The first kappa shape index (κ1) is 33.5.